The number of aliphatic imine (C=N–C) groups is 1. The third-order valence-electron chi connectivity index (χ3n) is 10.2. The van der Waals surface area contributed by atoms with Gasteiger partial charge in [-0.3, -0.25) is 9.98 Å². The molecule has 1 aliphatic rings. The van der Waals surface area contributed by atoms with Crippen molar-refractivity contribution < 1.29 is 5.11 Å². The minimum Gasteiger partial charge on any atom is -0.507 e. The number of phenolic OH excluding ortho intramolecular Hbond substituents is 1. The van der Waals surface area contributed by atoms with Gasteiger partial charge in [-0.1, -0.05) is 152 Å². The largest absolute Gasteiger partial charge is 0.507 e. The van der Waals surface area contributed by atoms with Gasteiger partial charge in [0.05, 0.1) is 23.0 Å². The van der Waals surface area contributed by atoms with Gasteiger partial charge in [0.2, 0.25) is 0 Å². The summed E-state index contributed by atoms with van der Waals surface area (Å²) in [5.74, 6) is 0.416. The Balaban J connectivity index is 1.50. The summed E-state index contributed by atoms with van der Waals surface area (Å²) in [7, 11) is 0. The van der Waals surface area contributed by atoms with Gasteiger partial charge in [-0.25, -0.2) is 0 Å². The van der Waals surface area contributed by atoms with Crippen molar-refractivity contribution in [1.29, 1.82) is 0 Å². The maximum Gasteiger partial charge on any atom is 0.128 e. The summed E-state index contributed by atoms with van der Waals surface area (Å²) in [6, 6.07) is 43.1. The van der Waals surface area contributed by atoms with Gasteiger partial charge in [0.1, 0.15) is 5.75 Å². The molecule has 1 N–H and O–H groups in total. The minimum atomic E-state index is -0.265. The van der Waals surface area contributed by atoms with E-state index in [9.17, 15) is 5.11 Å². The number of fused-ring (bicyclic) bond motifs is 1. The van der Waals surface area contributed by atoms with Crippen molar-refractivity contribution in [3.8, 4) is 39.3 Å². The lowest BCUT2D eigenvalue weighted by atomic mass is 9.75. The molecule has 0 spiro atoms. The molecular formula is C48H48N2O. The molecule has 0 saturated heterocycles. The predicted octanol–water partition coefficient (Wildman–Crippen LogP) is 12.8. The van der Waals surface area contributed by atoms with Crippen LogP contribution in [-0.4, -0.2) is 15.8 Å². The summed E-state index contributed by atoms with van der Waals surface area (Å²) in [6.07, 6.45) is 1.84. The summed E-state index contributed by atoms with van der Waals surface area (Å²) in [5, 5.41) is 12.3. The molecule has 1 unspecified atom stereocenters. The Bertz CT molecular complexity index is 2250. The van der Waals surface area contributed by atoms with E-state index in [2.05, 4.69) is 164 Å². The number of hydrogen-bond donors (Lipinski definition) is 1. The Morgan fingerprint density at radius 2 is 1.29 bits per heavy atom. The summed E-state index contributed by atoms with van der Waals surface area (Å²) in [4.78, 5) is 10.2. The second-order valence-corrected chi connectivity index (χ2v) is 16.3. The zero-order valence-electron chi connectivity index (χ0n) is 31.1. The van der Waals surface area contributed by atoms with Crippen molar-refractivity contribution in [3.63, 3.8) is 0 Å². The van der Waals surface area contributed by atoms with Crippen LogP contribution in [-0.2, 0) is 10.8 Å². The van der Waals surface area contributed by atoms with Crippen LogP contribution >= 0.6 is 0 Å². The van der Waals surface area contributed by atoms with Crippen molar-refractivity contribution in [2.45, 2.75) is 78.1 Å². The highest BCUT2D eigenvalue weighted by Crippen LogP contribution is 2.51. The first-order valence-electron chi connectivity index (χ1n) is 18.1. The standard InChI is InChI=1S/C48H48N2O/c1-30(2)39-27-32(31-16-10-9-11-17-31)23-24-37(39)43-38-21-15-20-36(33-18-14-19-34(26-33)42-22-12-13-25-49-42)44(38)50-45(43)40-28-35(47(3,4)5)29-41(46(40)51)48(6,7)8/h9-30,43,51H,1-8H3. The quantitative estimate of drug-likeness (QED) is 0.192. The van der Waals surface area contributed by atoms with Gasteiger partial charge in [0.15, 0.2) is 0 Å². The number of aromatic nitrogens is 1. The molecule has 2 heterocycles. The van der Waals surface area contributed by atoms with Gasteiger partial charge in [0, 0.05) is 28.5 Å². The van der Waals surface area contributed by atoms with E-state index in [0.29, 0.717) is 5.75 Å². The van der Waals surface area contributed by atoms with E-state index >= 15 is 0 Å². The van der Waals surface area contributed by atoms with Crippen LogP contribution < -0.4 is 0 Å². The SMILES string of the molecule is CC(C)c1cc(-c2ccccc2)ccc1C1C(c2cc(C(C)(C)C)cc(C(C)(C)C)c2O)=Nc2c(-c3cccc(-c4ccccn4)c3)cccc21. The first kappa shape index (κ1) is 34.2. The van der Waals surface area contributed by atoms with Crippen molar-refractivity contribution in [2.24, 2.45) is 4.99 Å². The maximum absolute atomic E-state index is 12.3. The molecule has 0 radical (unpaired) electrons. The van der Waals surface area contributed by atoms with E-state index in [-0.39, 0.29) is 22.7 Å². The second kappa shape index (κ2) is 13.1. The Morgan fingerprint density at radius 3 is 1.98 bits per heavy atom. The number of hydrogen-bond acceptors (Lipinski definition) is 3. The normalized spacial score (nSPS) is 14.5. The fourth-order valence-corrected chi connectivity index (χ4v) is 7.38. The number of nitrogens with zero attached hydrogens (tertiary/aromatic N) is 2. The molecule has 0 saturated carbocycles. The first-order valence-corrected chi connectivity index (χ1v) is 18.1. The molecule has 6 aromatic rings. The molecule has 7 rings (SSSR count). The van der Waals surface area contributed by atoms with E-state index < -0.39 is 0 Å². The van der Waals surface area contributed by atoms with E-state index in [1.165, 1.54) is 27.8 Å². The zero-order chi connectivity index (χ0) is 36.1. The van der Waals surface area contributed by atoms with E-state index in [1.54, 1.807) is 0 Å². The highest BCUT2D eigenvalue weighted by molar-refractivity contribution is 6.15. The number of aromatic hydroxyl groups is 1. The molecule has 1 aromatic heterocycles. The topological polar surface area (TPSA) is 45.5 Å². The number of rotatable bonds is 6. The van der Waals surface area contributed by atoms with Crippen LogP contribution in [0.25, 0.3) is 33.5 Å². The monoisotopic (exact) mass is 668 g/mol. The predicted molar refractivity (Wildman–Crippen MR) is 215 cm³/mol. The van der Waals surface area contributed by atoms with E-state index in [4.69, 9.17) is 4.99 Å². The highest BCUT2D eigenvalue weighted by Gasteiger charge is 2.37. The highest BCUT2D eigenvalue weighted by atomic mass is 16.3. The number of benzene rings is 5. The molecule has 0 amide bonds. The fraction of sp³-hybridized carbons (Fsp3) is 0.250. The van der Waals surface area contributed by atoms with Crippen molar-refractivity contribution in [3.05, 3.63) is 161 Å². The molecule has 1 aliphatic heterocycles. The van der Waals surface area contributed by atoms with Gasteiger partial charge < -0.3 is 5.11 Å². The van der Waals surface area contributed by atoms with Gasteiger partial charge >= 0.3 is 0 Å². The Morgan fingerprint density at radius 1 is 0.588 bits per heavy atom. The third-order valence-corrected chi connectivity index (χ3v) is 10.2. The van der Waals surface area contributed by atoms with Crippen LogP contribution in [0.15, 0.2) is 133 Å². The molecule has 5 aromatic carbocycles. The molecular weight excluding hydrogens is 621 g/mol. The third kappa shape index (κ3) is 6.54. The molecule has 256 valence electrons. The second-order valence-electron chi connectivity index (χ2n) is 16.3. The average Bonchev–Trinajstić information content (AvgIpc) is 3.50. The fourth-order valence-electron chi connectivity index (χ4n) is 7.38. The van der Waals surface area contributed by atoms with Gasteiger partial charge in [0.25, 0.3) is 0 Å². The number of para-hydroxylation sites is 1. The first-order chi connectivity index (χ1) is 24.3. The molecule has 0 aliphatic carbocycles. The van der Waals surface area contributed by atoms with Crippen LogP contribution in [0.2, 0.25) is 0 Å². The lowest BCUT2D eigenvalue weighted by Gasteiger charge is -2.29. The van der Waals surface area contributed by atoms with E-state index in [1.807, 2.05) is 24.4 Å². The van der Waals surface area contributed by atoms with Gasteiger partial charge in [-0.15, -0.1) is 0 Å². The summed E-state index contributed by atoms with van der Waals surface area (Å²) in [6.45, 7) is 17.8. The van der Waals surface area contributed by atoms with Crippen LogP contribution in [0.1, 0.15) is 101 Å². The maximum atomic E-state index is 12.3. The molecule has 3 heteroatoms. The average molecular weight is 669 g/mol. The zero-order valence-corrected chi connectivity index (χ0v) is 31.1. The van der Waals surface area contributed by atoms with Gasteiger partial charge in [-0.2, -0.15) is 0 Å². The number of pyridine rings is 1. The molecule has 3 nitrogen and oxygen atoms in total. The van der Waals surface area contributed by atoms with Crippen molar-refractivity contribution in [1.82, 2.24) is 4.98 Å². The van der Waals surface area contributed by atoms with Crippen molar-refractivity contribution >= 4 is 11.4 Å². The number of phenols is 1. The Labute approximate surface area is 303 Å². The summed E-state index contributed by atoms with van der Waals surface area (Å²) < 4.78 is 0. The lowest BCUT2D eigenvalue weighted by molar-refractivity contribution is 0.443. The Hall–Kier alpha value is -5.28. The minimum absolute atomic E-state index is 0.124. The van der Waals surface area contributed by atoms with Crippen LogP contribution in [0.5, 0.6) is 5.75 Å². The molecule has 0 fully saturated rings. The molecule has 51 heavy (non-hydrogen) atoms. The van der Waals surface area contributed by atoms with Crippen LogP contribution in [0.4, 0.5) is 5.69 Å². The summed E-state index contributed by atoms with van der Waals surface area (Å²) >= 11 is 0. The van der Waals surface area contributed by atoms with Crippen LogP contribution in [0.3, 0.4) is 0 Å². The van der Waals surface area contributed by atoms with Crippen molar-refractivity contribution in [2.75, 3.05) is 0 Å². The lowest BCUT2D eigenvalue weighted by Crippen LogP contribution is -2.21. The molecule has 0 bridgehead atoms. The molecule has 1 atom stereocenters. The Kier molecular flexibility index (Phi) is 8.79. The smallest absolute Gasteiger partial charge is 0.128 e. The van der Waals surface area contributed by atoms with E-state index in [0.717, 1.165) is 50.5 Å². The summed E-state index contributed by atoms with van der Waals surface area (Å²) in [5.41, 5.74) is 14.6. The van der Waals surface area contributed by atoms with Gasteiger partial charge in [-0.05, 0) is 80.0 Å². The van der Waals surface area contributed by atoms with Crippen LogP contribution in [0, 0.1) is 0 Å².